The van der Waals surface area contributed by atoms with Gasteiger partial charge in [-0.25, -0.2) is 0 Å². The van der Waals surface area contributed by atoms with Crippen molar-refractivity contribution < 1.29 is 14.0 Å². The summed E-state index contributed by atoms with van der Waals surface area (Å²) in [4.78, 5) is 13.3. The first-order chi connectivity index (χ1) is 15.9. The molecule has 1 amide bonds. The molecule has 0 unspecified atom stereocenters. The highest BCUT2D eigenvalue weighted by Gasteiger charge is 2.54. The van der Waals surface area contributed by atoms with Crippen LogP contribution < -0.4 is 15.7 Å². The maximum Gasteiger partial charge on any atom is 0.261 e. The third-order valence-electron chi connectivity index (χ3n) is 6.52. The van der Waals surface area contributed by atoms with Gasteiger partial charge in [0.25, 0.3) is 8.32 Å². The number of carbonyl (C=O) groups is 1. The van der Waals surface area contributed by atoms with Crippen LogP contribution in [0.3, 0.4) is 0 Å². The summed E-state index contributed by atoms with van der Waals surface area (Å²) in [6, 6.07) is 31.0. The SMILES string of the molecule is CC(C)(C)[Si](OCC1(C(=O)NCc2ccccc2)COC1)(c1ccccc1)c1ccccc1. The Balaban J connectivity index is 1.63. The number of benzene rings is 3. The van der Waals surface area contributed by atoms with Gasteiger partial charge in [0.05, 0.1) is 19.8 Å². The molecule has 1 fully saturated rings. The number of rotatable bonds is 8. The first-order valence-corrected chi connectivity index (χ1v) is 13.4. The number of nitrogens with one attached hydrogen (secondary N) is 1. The first-order valence-electron chi connectivity index (χ1n) is 11.5. The van der Waals surface area contributed by atoms with Crippen LogP contribution >= 0.6 is 0 Å². The fourth-order valence-electron chi connectivity index (χ4n) is 4.60. The zero-order chi connectivity index (χ0) is 23.4. The Kier molecular flexibility index (Phi) is 6.84. The van der Waals surface area contributed by atoms with E-state index >= 15 is 0 Å². The molecule has 0 aliphatic carbocycles. The van der Waals surface area contributed by atoms with Gasteiger partial charge < -0.3 is 14.5 Å². The van der Waals surface area contributed by atoms with Crippen molar-refractivity contribution in [3.8, 4) is 0 Å². The number of hydrogen-bond acceptors (Lipinski definition) is 3. The van der Waals surface area contributed by atoms with Crippen LogP contribution in [-0.2, 0) is 20.5 Å². The summed E-state index contributed by atoms with van der Waals surface area (Å²) in [6.07, 6.45) is 0. The Morgan fingerprint density at radius 2 is 1.36 bits per heavy atom. The van der Waals surface area contributed by atoms with Gasteiger partial charge in [0, 0.05) is 6.54 Å². The molecular formula is C28H33NO3Si. The van der Waals surface area contributed by atoms with Crippen LogP contribution in [0.25, 0.3) is 0 Å². The number of carbonyl (C=O) groups excluding carboxylic acids is 1. The van der Waals surface area contributed by atoms with Crippen LogP contribution in [0.2, 0.25) is 5.04 Å². The zero-order valence-electron chi connectivity index (χ0n) is 19.7. The van der Waals surface area contributed by atoms with Crippen LogP contribution in [0.15, 0.2) is 91.0 Å². The summed E-state index contributed by atoms with van der Waals surface area (Å²) < 4.78 is 12.6. The molecule has 1 N–H and O–H groups in total. The lowest BCUT2D eigenvalue weighted by Crippen LogP contribution is -2.69. The molecule has 1 aliphatic rings. The van der Waals surface area contributed by atoms with E-state index in [1.807, 2.05) is 42.5 Å². The molecular weight excluding hydrogens is 426 g/mol. The summed E-state index contributed by atoms with van der Waals surface area (Å²) >= 11 is 0. The van der Waals surface area contributed by atoms with Crippen molar-refractivity contribution in [2.24, 2.45) is 5.41 Å². The predicted molar refractivity (Wildman–Crippen MR) is 135 cm³/mol. The lowest BCUT2D eigenvalue weighted by Gasteiger charge is -2.47. The minimum atomic E-state index is -2.71. The van der Waals surface area contributed by atoms with E-state index in [0.717, 1.165) is 5.56 Å². The summed E-state index contributed by atoms with van der Waals surface area (Å²) in [6.45, 7) is 8.34. The molecule has 0 bridgehead atoms. The van der Waals surface area contributed by atoms with Gasteiger partial charge in [-0.2, -0.15) is 0 Å². The van der Waals surface area contributed by atoms with Crippen molar-refractivity contribution in [2.45, 2.75) is 32.4 Å². The summed E-state index contributed by atoms with van der Waals surface area (Å²) in [5.74, 6) is -0.00413. The van der Waals surface area contributed by atoms with Gasteiger partial charge >= 0.3 is 0 Å². The van der Waals surface area contributed by atoms with Crippen molar-refractivity contribution >= 4 is 24.6 Å². The molecule has 1 heterocycles. The minimum Gasteiger partial charge on any atom is -0.406 e. The van der Waals surface area contributed by atoms with E-state index in [4.69, 9.17) is 9.16 Å². The molecule has 4 rings (SSSR count). The van der Waals surface area contributed by atoms with E-state index in [-0.39, 0.29) is 10.9 Å². The Morgan fingerprint density at radius 3 is 1.79 bits per heavy atom. The van der Waals surface area contributed by atoms with Gasteiger partial charge in [0.15, 0.2) is 0 Å². The predicted octanol–water partition coefficient (Wildman–Crippen LogP) is 3.90. The lowest BCUT2D eigenvalue weighted by molar-refractivity contribution is -0.168. The monoisotopic (exact) mass is 459 g/mol. The second-order valence-corrected chi connectivity index (χ2v) is 14.2. The maximum atomic E-state index is 13.3. The topological polar surface area (TPSA) is 47.6 Å². The second-order valence-electron chi connectivity index (χ2n) is 9.89. The highest BCUT2D eigenvalue weighted by atomic mass is 28.4. The standard InChI is InChI=1S/C28H33NO3Si/c1-27(2,3)33(24-15-9-5-10-16-24,25-17-11-6-12-18-25)32-22-28(20-31-21-28)26(30)29-19-23-13-7-4-8-14-23/h4-18H,19-22H2,1-3H3,(H,29,30). The largest absolute Gasteiger partial charge is 0.406 e. The van der Waals surface area contributed by atoms with E-state index in [1.54, 1.807) is 0 Å². The van der Waals surface area contributed by atoms with Crippen LogP contribution in [0, 0.1) is 5.41 Å². The van der Waals surface area contributed by atoms with Gasteiger partial charge in [0.1, 0.15) is 5.41 Å². The third-order valence-corrected chi connectivity index (χ3v) is 11.5. The van der Waals surface area contributed by atoms with Crippen LogP contribution in [0.5, 0.6) is 0 Å². The zero-order valence-corrected chi connectivity index (χ0v) is 20.7. The van der Waals surface area contributed by atoms with E-state index < -0.39 is 13.7 Å². The highest BCUT2D eigenvalue weighted by molar-refractivity contribution is 6.99. The third kappa shape index (κ3) is 4.67. The second kappa shape index (κ2) is 9.63. The quantitative estimate of drug-likeness (QED) is 0.520. The number of amides is 1. The summed E-state index contributed by atoms with van der Waals surface area (Å²) in [5.41, 5.74) is 0.413. The molecule has 33 heavy (non-hydrogen) atoms. The number of ether oxygens (including phenoxy) is 1. The van der Waals surface area contributed by atoms with Gasteiger partial charge in [0.2, 0.25) is 5.91 Å². The Bertz CT molecular complexity index is 1010. The van der Waals surface area contributed by atoms with Gasteiger partial charge in [-0.15, -0.1) is 0 Å². The van der Waals surface area contributed by atoms with E-state index in [9.17, 15) is 4.79 Å². The fourth-order valence-corrected chi connectivity index (χ4v) is 9.25. The molecule has 5 heteroatoms. The van der Waals surface area contributed by atoms with Gasteiger partial charge in [-0.05, 0) is 21.0 Å². The highest BCUT2D eigenvalue weighted by Crippen LogP contribution is 2.39. The summed E-state index contributed by atoms with van der Waals surface area (Å²) in [5, 5.41) is 5.40. The molecule has 1 saturated heterocycles. The number of hydrogen-bond donors (Lipinski definition) is 1. The lowest BCUT2D eigenvalue weighted by atomic mass is 9.86. The summed E-state index contributed by atoms with van der Waals surface area (Å²) in [7, 11) is -2.71. The average molecular weight is 460 g/mol. The van der Waals surface area contributed by atoms with Gasteiger partial charge in [-0.3, -0.25) is 4.79 Å². The molecule has 0 saturated carbocycles. The smallest absolute Gasteiger partial charge is 0.261 e. The molecule has 0 spiro atoms. The van der Waals surface area contributed by atoms with Crippen LogP contribution in [0.1, 0.15) is 26.3 Å². The Morgan fingerprint density at radius 1 is 0.879 bits per heavy atom. The minimum absolute atomic E-state index is 0.00413. The molecule has 4 nitrogen and oxygen atoms in total. The van der Waals surface area contributed by atoms with Crippen LogP contribution in [-0.4, -0.2) is 34.0 Å². The van der Waals surface area contributed by atoms with Crippen molar-refractivity contribution in [1.29, 1.82) is 0 Å². The molecule has 172 valence electrons. The van der Waals surface area contributed by atoms with E-state index in [0.29, 0.717) is 26.4 Å². The average Bonchev–Trinajstić information content (AvgIpc) is 2.80. The van der Waals surface area contributed by atoms with Crippen LogP contribution in [0.4, 0.5) is 0 Å². The normalized spacial score (nSPS) is 15.5. The van der Waals surface area contributed by atoms with Gasteiger partial charge in [-0.1, -0.05) is 112 Å². The van der Waals surface area contributed by atoms with E-state index in [2.05, 4.69) is 74.6 Å². The fraction of sp³-hybridized carbons (Fsp3) is 0.321. The van der Waals surface area contributed by atoms with Crippen molar-refractivity contribution in [2.75, 3.05) is 19.8 Å². The molecule has 3 aromatic carbocycles. The first kappa shape index (κ1) is 23.4. The van der Waals surface area contributed by atoms with E-state index in [1.165, 1.54) is 10.4 Å². The van der Waals surface area contributed by atoms with Crippen molar-refractivity contribution in [1.82, 2.24) is 5.32 Å². The van der Waals surface area contributed by atoms with Crippen molar-refractivity contribution in [3.05, 3.63) is 96.6 Å². The molecule has 3 aromatic rings. The van der Waals surface area contributed by atoms with Crippen molar-refractivity contribution in [3.63, 3.8) is 0 Å². The molecule has 0 atom stereocenters. The Hall–Kier alpha value is -2.73. The molecule has 1 aliphatic heterocycles. The Labute approximate surface area is 198 Å². The maximum absolute atomic E-state index is 13.3. The molecule has 0 radical (unpaired) electrons. The molecule has 0 aromatic heterocycles.